The van der Waals surface area contributed by atoms with Crippen LogP contribution in [0.3, 0.4) is 0 Å². The van der Waals surface area contributed by atoms with Gasteiger partial charge in [-0.1, -0.05) is 48.5 Å². The summed E-state index contributed by atoms with van der Waals surface area (Å²) in [4.78, 5) is 0. The fourth-order valence-electron chi connectivity index (χ4n) is 3.40. The van der Waals surface area contributed by atoms with Crippen LogP contribution in [0.2, 0.25) is 0 Å². The second-order valence-electron chi connectivity index (χ2n) is 5.74. The third kappa shape index (κ3) is 0.843. The maximum absolute atomic E-state index is 2.46. The minimum atomic E-state index is 0.528. The van der Waals surface area contributed by atoms with Gasteiger partial charge in [0.2, 0.25) is 0 Å². The first kappa shape index (κ1) is 10.1. The average Bonchev–Trinajstić information content (AvgIpc) is 1.99. The average molecular weight is 168 g/mol. The molecule has 0 aliphatic heterocycles. The summed E-state index contributed by atoms with van der Waals surface area (Å²) >= 11 is 0. The van der Waals surface area contributed by atoms with Gasteiger partial charge in [-0.15, -0.1) is 0 Å². The fraction of sp³-hybridized carbons (Fsp3) is 1.00. The fourth-order valence-corrected chi connectivity index (χ4v) is 3.40. The Bertz CT molecular complexity index is 178. The van der Waals surface area contributed by atoms with Crippen LogP contribution in [-0.4, -0.2) is 0 Å². The highest BCUT2D eigenvalue weighted by atomic mass is 14.7. The molecule has 0 radical (unpaired) electrons. The first-order valence-corrected chi connectivity index (χ1v) is 5.26. The maximum Gasteiger partial charge on any atom is -0.0220 e. The summed E-state index contributed by atoms with van der Waals surface area (Å²) in [5.74, 6) is 2.57. The molecule has 0 heteroatoms. The van der Waals surface area contributed by atoms with Gasteiger partial charge in [0.1, 0.15) is 0 Å². The smallest absolute Gasteiger partial charge is 0.0220 e. The van der Waals surface area contributed by atoms with Gasteiger partial charge in [0.05, 0.1) is 0 Å². The van der Waals surface area contributed by atoms with Crippen molar-refractivity contribution in [1.82, 2.24) is 0 Å². The molecule has 0 bridgehead atoms. The summed E-state index contributed by atoms with van der Waals surface area (Å²) in [5, 5.41) is 0. The molecule has 1 aliphatic carbocycles. The molecule has 0 amide bonds. The third-order valence-electron chi connectivity index (χ3n) is 5.42. The Labute approximate surface area is 77.7 Å². The van der Waals surface area contributed by atoms with Crippen molar-refractivity contribution in [1.29, 1.82) is 0 Å². The molecule has 3 atom stereocenters. The lowest BCUT2D eigenvalue weighted by Crippen LogP contribution is -2.61. The van der Waals surface area contributed by atoms with Crippen molar-refractivity contribution < 1.29 is 0 Å². The number of hydrogen-bond donors (Lipinski definition) is 0. The van der Waals surface area contributed by atoms with Crippen LogP contribution in [0.25, 0.3) is 0 Å². The monoisotopic (exact) mass is 168 g/mol. The number of hydrogen-bond acceptors (Lipinski definition) is 0. The van der Waals surface area contributed by atoms with Gasteiger partial charge in [-0.05, 0) is 28.6 Å². The van der Waals surface area contributed by atoms with E-state index in [0.29, 0.717) is 10.8 Å². The van der Waals surface area contributed by atoms with E-state index in [1.807, 2.05) is 0 Å². The zero-order chi connectivity index (χ0) is 9.73. The summed E-state index contributed by atoms with van der Waals surface area (Å²) in [5.41, 5.74) is 1.08. The molecule has 1 rings (SSSR count). The van der Waals surface area contributed by atoms with E-state index >= 15 is 0 Å². The third-order valence-corrected chi connectivity index (χ3v) is 5.42. The Hall–Kier alpha value is 0. The van der Waals surface area contributed by atoms with Crippen molar-refractivity contribution in [2.45, 2.75) is 48.5 Å². The van der Waals surface area contributed by atoms with Crippen LogP contribution < -0.4 is 0 Å². The van der Waals surface area contributed by atoms with Crippen LogP contribution in [-0.2, 0) is 0 Å². The Morgan fingerprint density at radius 1 is 0.917 bits per heavy atom. The molecule has 12 heavy (non-hydrogen) atoms. The lowest BCUT2D eigenvalue weighted by molar-refractivity contribution is -0.189. The quantitative estimate of drug-likeness (QED) is 0.556. The SMILES string of the molecule is CC1C(C)C(C)(C(C)C)C1(C)C. The van der Waals surface area contributed by atoms with Gasteiger partial charge in [0.25, 0.3) is 0 Å². The molecule has 0 aromatic heterocycles. The molecular formula is C12H24. The summed E-state index contributed by atoms with van der Waals surface area (Å²) < 4.78 is 0. The van der Waals surface area contributed by atoms with Crippen LogP contribution in [0.15, 0.2) is 0 Å². The minimum Gasteiger partial charge on any atom is -0.0622 e. The van der Waals surface area contributed by atoms with E-state index < -0.39 is 0 Å². The van der Waals surface area contributed by atoms with Crippen molar-refractivity contribution in [3.63, 3.8) is 0 Å². The lowest BCUT2D eigenvalue weighted by Gasteiger charge is -2.67. The molecule has 0 nitrogen and oxygen atoms in total. The van der Waals surface area contributed by atoms with Crippen molar-refractivity contribution in [2.75, 3.05) is 0 Å². The van der Waals surface area contributed by atoms with E-state index in [9.17, 15) is 0 Å². The van der Waals surface area contributed by atoms with Crippen molar-refractivity contribution >= 4 is 0 Å². The molecule has 0 N–H and O–H groups in total. The van der Waals surface area contributed by atoms with Gasteiger partial charge in [-0.25, -0.2) is 0 Å². The first-order valence-electron chi connectivity index (χ1n) is 5.26. The lowest BCUT2D eigenvalue weighted by atomic mass is 9.38. The van der Waals surface area contributed by atoms with E-state index in [4.69, 9.17) is 0 Å². The molecule has 1 saturated carbocycles. The molecule has 0 aromatic rings. The summed E-state index contributed by atoms with van der Waals surface area (Å²) in [6.07, 6.45) is 0. The highest BCUT2D eigenvalue weighted by Crippen LogP contribution is 2.67. The normalized spacial score (nSPS) is 46.0. The molecule has 72 valence electrons. The summed E-state index contributed by atoms with van der Waals surface area (Å²) in [6.45, 7) is 16.9. The largest absolute Gasteiger partial charge is 0.0622 e. The molecule has 3 unspecified atom stereocenters. The Morgan fingerprint density at radius 2 is 1.33 bits per heavy atom. The highest BCUT2D eigenvalue weighted by Gasteiger charge is 2.61. The van der Waals surface area contributed by atoms with E-state index in [1.54, 1.807) is 0 Å². The zero-order valence-corrected chi connectivity index (χ0v) is 9.73. The Kier molecular flexibility index (Phi) is 2.10. The molecule has 0 aromatic carbocycles. The van der Waals surface area contributed by atoms with E-state index in [-0.39, 0.29) is 0 Å². The Morgan fingerprint density at radius 3 is 1.50 bits per heavy atom. The second kappa shape index (κ2) is 2.49. The summed E-state index contributed by atoms with van der Waals surface area (Å²) in [7, 11) is 0. The molecule has 1 aliphatic rings. The predicted octanol–water partition coefficient (Wildman–Crippen LogP) is 3.96. The first-order chi connectivity index (χ1) is 5.26. The van der Waals surface area contributed by atoms with Gasteiger partial charge in [-0.2, -0.15) is 0 Å². The van der Waals surface area contributed by atoms with Crippen LogP contribution in [0.4, 0.5) is 0 Å². The van der Waals surface area contributed by atoms with E-state index in [2.05, 4.69) is 48.5 Å². The standard InChI is InChI=1S/C12H24/c1-8(2)12(7)10(4)9(3)11(12,5)6/h8-10H,1-7H3. The van der Waals surface area contributed by atoms with E-state index in [1.165, 1.54) is 0 Å². The second-order valence-corrected chi connectivity index (χ2v) is 5.74. The maximum atomic E-state index is 2.46. The van der Waals surface area contributed by atoms with Crippen LogP contribution in [0, 0.1) is 28.6 Å². The van der Waals surface area contributed by atoms with Crippen molar-refractivity contribution in [2.24, 2.45) is 28.6 Å². The van der Waals surface area contributed by atoms with Gasteiger partial charge in [-0.3, -0.25) is 0 Å². The van der Waals surface area contributed by atoms with Crippen LogP contribution in [0.1, 0.15) is 48.5 Å². The van der Waals surface area contributed by atoms with Crippen LogP contribution >= 0.6 is 0 Å². The highest BCUT2D eigenvalue weighted by molar-refractivity contribution is 5.09. The molecule has 1 fully saturated rings. The van der Waals surface area contributed by atoms with Gasteiger partial charge < -0.3 is 0 Å². The topological polar surface area (TPSA) is 0 Å². The van der Waals surface area contributed by atoms with Gasteiger partial charge >= 0.3 is 0 Å². The Balaban J connectivity index is 2.93. The molecule has 0 heterocycles. The minimum absolute atomic E-state index is 0.528. The summed E-state index contributed by atoms with van der Waals surface area (Å²) in [6, 6.07) is 0. The van der Waals surface area contributed by atoms with E-state index in [0.717, 1.165) is 17.8 Å². The van der Waals surface area contributed by atoms with Crippen LogP contribution in [0.5, 0.6) is 0 Å². The van der Waals surface area contributed by atoms with Gasteiger partial charge in [0.15, 0.2) is 0 Å². The van der Waals surface area contributed by atoms with Crippen molar-refractivity contribution in [3.8, 4) is 0 Å². The molecule has 0 spiro atoms. The predicted molar refractivity (Wildman–Crippen MR) is 55.1 cm³/mol. The van der Waals surface area contributed by atoms with Crippen molar-refractivity contribution in [3.05, 3.63) is 0 Å². The molecule has 0 saturated heterocycles. The molecular weight excluding hydrogens is 144 g/mol. The van der Waals surface area contributed by atoms with Gasteiger partial charge in [0, 0.05) is 0 Å². The number of rotatable bonds is 1. The zero-order valence-electron chi connectivity index (χ0n) is 9.73.